The topological polar surface area (TPSA) is 362 Å². The fraction of sp³-hybridized carbons (Fsp3) is 0.929. The average Bonchev–Trinajstić information content (AvgIpc) is 0.904. The molecule has 4 unspecified atom stereocenters. The third-order valence-electron chi connectivity index (χ3n) is 20.1. The van der Waals surface area contributed by atoms with E-state index >= 15 is 0 Å². The van der Waals surface area contributed by atoms with Gasteiger partial charge in [0.15, 0.2) is 0 Å². The second-order valence-corrected chi connectivity index (χ2v) is 42.0. The van der Waals surface area contributed by atoms with E-state index in [1.54, 1.807) is 0 Å². The Morgan fingerprint density at radius 3 is 0.371 bits per heavy atom. The van der Waals surface area contributed by atoms with Crippen LogP contribution in [0.4, 0.5) is 0 Å². The third kappa shape index (κ3) is 168. The molecule has 4 atom stereocenters. The maximum absolute atomic E-state index is 7.75. The zero-order valence-electron chi connectivity index (χ0n) is 100. The zero-order chi connectivity index (χ0) is 111. The molecule has 140 heavy (non-hydrogen) atoms. The van der Waals surface area contributed by atoms with Gasteiger partial charge in [0.05, 0.1) is 0 Å². The largest absolute Gasteiger partial charge is 6.00 e. The molecule has 0 radical (unpaired) electrons. The Morgan fingerprint density at radius 1 is 0.171 bits per heavy atom. The van der Waals surface area contributed by atoms with Crippen LogP contribution in [0.5, 0.6) is 0 Å². The molecule has 28 heteroatoms. The molecule has 0 aromatic rings. The third-order valence-corrected chi connectivity index (χ3v) is 20.1. The van der Waals surface area contributed by atoms with E-state index in [-0.39, 0.29) is 172 Å². The first-order valence-electron chi connectivity index (χ1n) is 52.4. The molecule has 0 aromatic carbocycles. The maximum atomic E-state index is 7.75. The molecule has 24 nitrogen and oxygen atoms in total. The molecule has 0 aliphatic rings. The summed E-state index contributed by atoms with van der Waals surface area (Å²) >= 11 is 0. The van der Waals surface area contributed by atoms with Gasteiger partial charge in [0.25, 0.3) is 0 Å². The first kappa shape index (κ1) is 187. The van der Waals surface area contributed by atoms with Crippen LogP contribution >= 0.6 is 0 Å². The molecule has 0 spiro atoms. The van der Waals surface area contributed by atoms with E-state index in [9.17, 15) is 0 Å². The fourth-order valence-corrected chi connectivity index (χ4v) is 11.2. The summed E-state index contributed by atoms with van der Waals surface area (Å²) in [5, 5.41) is 76.2. The summed E-state index contributed by atoms with van der Waals surface area (Å²) in [5.41, 5.74) is 0.329. The summed E-state index contributed by atoms with van der Waals surface area (Å²) in [6.45, 7) is 130. The van der Waals surface area contributed by atoms with E-state index in [4.69, 9.17) is 102 Å². The van der Waals surface area contributed by atoms with Crippen molar-refractivity contribution in [1.82, 2.24) is 0 Å². The normalized spacial score (nSPS) is 12.4. The van der Waals surface area contributed by atoms with Crippen LogP contribution < -0.4 is 0 Å². The van der Waals surface area contributed by atoms with Crippen LogP contribution in [0.1, 0.15) is 538 Å². The molecule has 0 aliphatic heterocycles. The minimum absolute atomic E-state index is 0. The predicted molar refractivity (Wildman–Crippen MR) is 610 cm³/mol. The second-order valence-electron chi connectivity index (χ2n) is 42.0. The predicted octanol–water partition coefficient (Wildman–Crippen LogP) is 36.6. The fourth-order valence-electron chi connectivity index (χ4n) is 11.2. The maximum Gasteiger partial charge on any atom is 6.00 e. The molecule has 840 valence electrons. The van der Waals surface area contributed by atoms with Crippen molar-refractivity contribution >= 4 is 54.3 Å². The molecule has 0 N–H and O–H groups in total. The SMILES string of the molecule is CCCCC([N-]C(C)(C)C)[N-]C(C)(C)C.CCCCC([N-]C(C)(C)C)[N-]C(C)(C)C.CCCCC([N-]C(C)(C)CC)[N-]C(C)(C)CC.CCCCC([N-]C(C)(C)CC)[N-]C(C)(C)CC.CCCCC([N-]C(C)C)[N-]C(C)C.CCCCC([N-]C(C)C)[N-]C(C)C.CCCCC([N-]C(C)CC)[N-]C(C)CC.CCCCC([N-]C(C)CC)[N-]C(C)CC.[CH-]=O.[CH-]=O.[CH-]=O.[CH-]=O.[CH-]=O.[CH-]=O.[CH-]=O.[CH-]=O.[Ru+6].[Ru+6].[Ru+6].[Ru+6]. The summed E-state index contributed by atoms with van der Waals surface area (Å²) in [6, 6.07) is 3.46. The van der Waals surface area contributed by atoms with Crippen LogP contribution in [-0.4, -0.2) is 196 Å². The van der Waals surface area contributed by atoms with Gasteiger partial charge in [0.1, 0.15) is 0 Å². The van der Waals surface area contributed by atoms with Crippen molar-refractivity contribution in [3.05, 3.63) is 85.1 Å². The van der Waals surface area contributed by atoms with E-state index in [2.05, 4.69) is 408 Å². The summed E-state index contributed by atoms with van der Waals surface area (Å²) in [6.07, 6.45) is 39.0. The molecular formula is C112H232N16O8Ru4. The smallest absolute Gasteiger partial charge is 0.676 e. The van der Waals surface area contributed by atoms with Gasteiger partial charge in [-0.2, -0.15) is 0 Å². The van der Waals surface area contributed by atoms with Crippen LogP contribution in [0, 0.1) is 0 Å². The van der Waals surface area contributed by atoms with E-state index in [1.807, 2.05) is 0 Å². The molecule has 0 bridgehead atoms. The zero-order valence-corrected chi connectivity index (χ0v) is 107. The van der Waals surface area contributed by atoms with Gasteiger partial charge in [-0.05, 0) is 0 Å². The van der Waals surface area contributed by atoms with Crippen molar-refractivity contribution < 1.29 is 116 Å². The minimum atomic E-state index is 0. The summed E-state index contributed by atoms with van der Waals surface area (Å²) in [5.74, 6) is 0. The number of unbranched alkanes of at least 4 members (excludes halogenated alkanes) is 8. The van der Waals surface area contributed by atoms with Crippen LogP contribution in [0.2, 0.25) is 0 Å². The van der Waals surface area contributed by atoms with Gasteiger partial charge < -0.3 is 123 Å². The number of hydrogen-bond donors (Lipinski definition) is 0. The van der Waals surface area contributed by atoms with Crippen molar-refractivity contribution in [1.29, 1.82) is 0 Å². The molecule has 0 fully saturated rings. The summed E-state index contributed by atoms with van der Waals surface area (Å²) < 4.78 is 0. The van der Waals surface area contributed by atoms with E-state index in [0.717, 1.165) is 103 Å². The van der Waals surface area contributed by atoms with Crippen LogP contribution in [0.25, 0.3) is 85.1 Å². The molecular weight excluding hydrogens is 2100 g/mol. The molecule has 0 aliphatic carbocycles. The number of nitrogens with zero attached hydrogens (tertiary/aromatic N) is 16. The molecule has 0 saturated carbocycles. The van der Waals surface area contributed by atoms with Gasteiger partial charge in [-0.1, -0.05) is 538 Å². The van der Waals surface area contributed by atoms with Gasteiger partial charge in [0.2, 0.25) is 0 Å². The van der Waals surface area contributed by atoms with Crippen molar-refractivity contribution in [3.8, 4) is 0 Å². The Balaban J connectivity index is -0.0000000637. The van der Waals surface area contributed by atoms with E-state index in [0.29, 0.717) is 48.3 Å². The van der Waals surface area contributed by atoms with Crippen LogP contribution in [0.15, 0.2) is 0 Å². The number of carbonyl (C=O) groups excluding carboxylic acids is 8. The van der Waals surface area contributed by atoms with Crippen molar-refractivity contribution in [2.24, 2.45) is 0 Å². The van der Waals surface area contributed by atoms with Crippen LogP contribution in [0.3, 0.4) is 0 Å². The Morgan fingerprint density at radius 2 is 0.279 bits per heavy atom. The van der Waals surface area contributed by atoms with Crippen molar-refractivity contribution in [2.75, 3.05) is 0 Å². The van der Waals surface area contributed by atoms with Gasteiger partial charge in [-0.15, -0.1) is 92.6 Å². The van der Waals surface area contributed by atoms with Crippen molar-refractivity contribution in [2.45, 2.75) is 680 Å². The first-order chi connectivity index (χ1) is 63.2. The van der Waals surface area contributed by atoms with E-state index in [1.165, 1.54) is 103 Å². The Hall–Kier alpha value is -0.786. The number of rotatable bonds is 60. The minimum Gasteiger partial charge on any atom is -0.676 e. The van der Waals surface area contributed by atoms with Gasteiger partial charge in [0, 0.05) is 0 Å². The Labute approximate surface area is 928 Å². The van der Waals surface area contributed by atoms with E-state index < -0.39 is 0 Å². The molecule has 0 heterocycles. The summed E-state index contributed by atoms with van der Waals surface area (Å²) in [7, 11) is 0. The molecule has 0 saturated heterocycles. The molecule has 0 rings (SSSR count). The van der Waals surface area contributed by atoms with Gasteiger partial charge in [-0.3, -0.25) is 54.3 Å². The Kier molecular flexibility index (Phi) is 170. The standard InChI is InChI=1S/2C15H32N2.4C13H28N2.2C11H24N2.8CHO.4Ru/c2*1-8-11-12-13(16-14(4,5)9-2)17-15(6,7)10-3;2*1-8-9-10-11(14-12(2,3)4)15-13(5,6)7;2*1-6-9-10-13(14-11(4)7-2)15-12(5)8-3;2*1-6-7-8-11(12-9(2)3)13-10(4)5;8*1-2;;;;/h2*13H,8-12H2,1-7H3;2*11H,8-10H2,1-7H3;2*11-13H,6-10H2,1-5H3;2*9-11H,6-8H2,1-5H3;8*1H;;;;/q8*-2;8*-1;4*+6. The quantitative estimate of drug-likeness (QED) is 0.0319. The van der Waals surface area contributed by atoms with Crippen molar-refractivity contribution in [3.63, 3.8) is 0 Å². The van der Waals surface area contributed by atoms with Crippen LogP contribution in [-0.2, 0) is 116 Å². The van der Waals surface area contributed by atoms with Gasteiger partial charge in [-0.25, -0.2) is 49.3 Å². The first-order valence-corrected chi connectivity index (χ1v) is 52.4. The van der Waals surface area contributed by atoms with Gasteiger partial charge >= 0.3 is 77.9 Å². The number of hydrogen-bond acceptors (Lipinski definition) is 8. The molecule has 0 aromatic heterocycles. The average molecular weight is 2340 g/mol. The second kappa shape index (κ2) is 127. The Bertz CT molecular complexity index is 2000. The summed E-state index contributed by atoms with van der Waals surface area (Å²) in [4.78, 5) is 62.0. The monoisotopic (exact) mass is 2340 g/mol. The molecule has 0 amide bonds.